The van der Waals surface area contributed by atoms with E-state index in [2.05, 4.69) is 17.1 Å². The molecule has 1 aromatic rings. The van der Waals surface area contributed by atoms with Gasteiger partial charge in [-0.3, -0.25) is 15.0 Å². The molecule has 23 heavy (non-hydrogen) atoms. The smallest absolute Gasteiger partial charge is 0.269 e. The van der Waals surface area contributed by atoms with E-state index in [1.165, 1.54) is 19.3 Å². The highest BCUT2D eigenvalue weighted by atomic mass is 35.5. The second kappa shape index (κ2) is 11.6. The lowest BCUT2D eigenvalue weighted by Crippen LogP contribution is -2.45. The molecule has 0 radical (unpaired) electrons. The standard InChI is InChI=1S/C16H25N3O2.2ClH/c1-2-3-4-8-16(18-11-9-17-10-12-18)14-6-5-7-15(13-14)19(20)21;;/h5-7,13,16-17H,2-4,8-12H2,1H3;2*1H/t16-;;/m0../s1. The highest BCUT2D eigenvalue weighted by Gasteiger charge is 2.23. The average molecular weight is 364 g/mol. The Kier molecular flexibility index (Phi) is 11.2. The molecule has 1 aromatic carbocycles. The van der Waals surface area contributed by atoms with Crippen molar-refractivity contribution in [3.63, 3.8) is 0 Å². The summed E-state index contributed by atoms with van der Waals surface area (Å²) in [5.74, 6) is 0. The molecule has 1 saturated heterocycles. The van der Waals surface area contributed by atoms with Gasteiger partial charge in [0.25, 0.3) is 5.69 Å². The Morgan fingerprint density at radius 1 is 1.26 bits per heavy atom. The zero-order chi connectivity index (χ0) is 15.1. The number of non-ortho nitro benzene ring substituents is 1. The summed E-state index contributed by atoms with van der Waals surface area (Å²) in [6.07, 6.45) is 4.67. The van der Waals surface area contributed by atoms with Crippen LogP contribution in [-0.2, 0) is 0 Å². The maximum absolute atomic E-state index is 11.0. The zero-order valence-electron chi connectivity index (χ0n) is 13.6. The Morgan fingerprint density at radius 2 is 1.96 bits per heavy atom. The van der Waals surface area contributed by atoms with E-state index >= 15 is 0 Å². The van der Waals surface area contributed by atoms with Gasteiger partial charge in [0, 0.05) is 44.4 Å². The fraction of sp³-hybridized carbons (Fsp3) is 0.625. The van der Waals surface area contributed by atoms with Crippen LogP contribution in [-0.4, -0.2) is 36.0 Å². The Balaban J connectivity index is 0.00000242. The van der Waals surface area contributed by atoms with Gasteiger partial charge in [0.05, 0.1) is 4.92 Å². The van der Waals surface area contributed by atoms with Crippen molar-refractivity contribution < 1.29 is 4.92 Å². The van der Waals surface area contributed by atoms with Crippen LogP contribution in [0.2, 0.25) is 0 Å². The summed E-state index contributed by atoms with van der Waals surface area (Å²) >= 11 is 0. The van der Waals surface area contributed by atoms with Crippen LogP contribution in [0.5, 0.6) is 0 Å². The number of nitrogens with zero attached hydrogens (tertiary/aromatic N) is 2. The predicted molar refractivity (Wildman–Crippen MR) is 98.9 cm³/mol. The van der Waals surface area contributed by atoms with Gasteiger partial charge in [-0.05, 0) is 12.0 Å². The Morgan fingerprint density at radius 3 is 2.57 bits per heavy atom. The molecule has 1 aliphatic heterocycles. The minimum atomic E-state index is -0.301. The molecule has 1 N–H and O–H groups in total. The third-order valence-corrected chi connectivity index (χ3v) is 4.14. The fourth-order valence-electron chi connectivity index (χ4n) is 2.99. The van der Waals surface area contributed by atoms with Crippen molar-refractivity contribution >= 4 is 30.5 Å². The Hall–Kier alpha value is -0.880. The molecule has 2 rings (SSSR count). The van der Waals surface area contributed by atoms with Crippen LogP contribution in [0.3, 0.4) is 0 Å². The number of hydrogen-bond acceptors (Lipinski definition) is 4. The molecule has 1 aliphatic rings. The van der Waals surface area contributed by atoms with Gasteiger partial charge in [0.2, 0.25) is 0 Å². The van der Waals surface area contributed by atoms with E-state index in [-0.39, 0.29) is 35.4 Å². The van der Waals surface area contributed by atoms with Crippen molar-refractivity contribution in [2.24, 2.45) is 0 Å². The van der Waals surface area contributed by atoms with Gasteiger partial charge in [-0.2, -0.15) is 0 Å². The third-order valence-electron chi connectivity index (χ3n) is 4.14. The number of halogens is 2. The minimum Gasteiger partial charge on any atom is -0.314 e. The van der Waals surface area contributed by atoms with E-state index < -0.39 is 0 Å². The highest BCUT2D eigenvalue weighted by molar-refractivity contribution is 5.85. The summed E-state index contributed by atoms with van der Waals surface area (Å²) in [5.41, 5.74) is 1.28. The quantitative estimate of drug-likeness (QED) is 0.452. The van der Waals surface area contributed by atoms with Crippen molar-refractivity contribution in [1.29, 1.82) is 0 Å². The second-order valence-corrected chi connectivity index (χ2v) is 5.65. The summed E-state index contributed by atoms with van der Waals surface area (Å²) in [7, 11) is 0. The van der Waals surface area contributed by atoms with Gasteiger partial charge >= 0.3 is 0 Å². The van der Waals surface area contributed by atoms with Crippen LogP contribution >= 0.6 is 24.8 Å². The normalized spacial score (nSPS) is 16.0. The maximum Gasteiger partial charge on any atom is 0.269 e. The zero-order valence-corrected chi connectivity index (χ0v) is 15.2. The lowest BCUT2D eigenvalue weighted by molar-refractivity contribution is -0.385. The number of nitro groups is 1. The Labute approximate surface area is 150 Å². The second-order valence-electron chi connectivity index (χ2n) is 5.65. The topological polar surface area (TPSA) is 58.4 Å². The molecule has 132 valence electrons. The lowest BCUT2D eigenvalue weighted by Gasteiger charge is -2.35. The molecule has 1 heterocycles. The molecule has 1 atom stereocenters. The number of piperazine rings is 1. The van der Waals surface area contributed by atoms with E-state index in [0.717, 1.165) is 38.2 Å². The molecule has 5 nitrogen and oxygen atoms in total. The molecule has 0 saturated carbocycles. The molecular formula is C16H27Cl2N3O2. The monoisotopic (exact) mass is 363 g/mol. The van der Waals surface area contributed by atoms with Crippen molar-refractivity contribution in [1.82, 2.24) is 10.2 Å². The first-order valence-corrected chi connectivity index (χ1v) is 7.91. The predicted octanol–water partition coefficient (Wildman–Crippen LogP) is 3.97. The Bertz CT molecular complexity index is 468. The van der Waals surface area contributed by atoms with Crippen molar-refractivity contribution in [3.8, 4) is 0 Å². The molecule has 7 heteroatoms. The summed E-state index contributed by atoms with van der Waals surface area (Å²) in [5, 5.41) is 14.4. The van der Waals surface area contributed by atoms with E-state index in [1.54, 1.807) is 12.1 Å². The van der Waals surface area contributed by atoms with E-state index in [4.69, 9.17) is 0 Å². The first-order chi connectivity index (χ1) is 10.2. The summed E-state index contributed by atoms with van der Waals surface area (Å²) in [6.45, 7) is 6.23. The summed E-state index contributed by atoms with van der Waals surface area (Å²) in [6, 6.07) is 7.47. The van der Waals surface area contributed by atoms with Crippen molar-refractivity contribution in [2.45, 2.75) is 38.6 Å². The molecule has 1 fully saturated rings. The number of hydrogen-bond donors (Lipinski definition) is 1. The molecule has 0 aromatic heterocycles. The van der Waals surface area contributed by atoms with Crippen molar-refractivity contribution in [3.05, 3.63) is 39.9 Å². The molecule has 0 spiro atoms. The summed E-state index contributed by atoms with van der Waals surface area (Å²) < 4.78 is 0. The molecule has 0 aliphatic carbocycles. The average Bonchev–Trinajstić information content (AvgIpc) is 2.52. The van der Waals surface area contributed by atoms with Gasteiger partial charge in [0.15, 0.2) is 0 Å². The minimum absolute atomic E-state index is 0. The van der Waals surface area contributed by atoms with Crippen molar-refractivity contribution in [2.75, 3.05) is 26.2 Å². The van der Waals surface area contributed by atoms with Gasteiger partial charge in [-0.25, -0.2) is 0 Å². The van der Waals surface area contributed by atoms with Crippen LogP contribution in [0.1, 0.15) is 44.2 Å². The van der Waals surface area contributed by atoms with E-state index in [1.807, 2.05) is 12.1 Å². The SMILES string of the molecule is CCCCC[C@@H](c1cccc([N+](=O)[O-])c1)N1CCNCC1.Cl.Cl. The fourth-order valence-corrected chi connectivity index (χ4v) is 2.99. The first kappa shape index (κ1) is 22.1. The van der Waals surface area contributed by atoms with Crippen LogP contribution in [0.15, 0.2) is 24.3 Å². The van der Waals surface area contributed by atoms with Crippen LogP contribution in [0.25, 0.3) is 0 Å². The molecule has 0 amide bonds. The number of rotatable bonds is 7. The highest BCUT2D eigenvalue weighted by Crippen LogP contribution is 2.29. The lowest BCUT2D eigenvalue weighted by atomic mass is 9.97. The maximum atomic E-state index is 11.0. The van der Waals surface area contributed by atoms with Crippen LogP contribution < -0.4 is 5.32 Å². The van der Waals surface area contributed by atoms with Gasteiger partial charge in [-0.15, -0.1) is 24.8 Å². The van der Waals surface area contributed by atoms with Gasteiger partial charge in [-0.1, -0.05) is 38.3 Å². The number of benzene rings is 1. The third kappa shape index (κ3) is 6.63. The molecule has 0 bridgehead atoms. The van der Waals surface area contributed by atoms with E-state index in [9.17, 15) is 10.1 Å². The van der Waals surface area contributed by atoms with Gasteiger partial charge in [0.1, 0.15) is 0 Å². The first-order valence-electron chi connectivity index (χ1n) is 7.91. The van der Waals surface area contributed by atoms with Crippen LogP contribution in [0, 0.1) is 10.1 Å². The van der Waals surface area contributed by atoms with E-state index in [0.29, 0.717) is 6.04 Å². The van der Waals surface area contributed by atoms with Gasteiger partial charge < -0.3 is 5.32 Å². The number of nitro benzene ring substituents is 1. The summed E-state index contributed by atoms with van der Waals surface area (Å²) in [4.78, 5) is 13.2. The molecule has 0 unspecified atom stereocenters. The van der Waals surface area contributed by atoms with Crippen LogP contribution in [0.4, 0.5) is 5.69 Å². The number of unbranched alkanes of at least 4 members (excludes halogenated alkanes) is 2. The largest absolute Gasteiger partial charge is 0.314 e. The number of nitrogens with one attached hydrogen (secondary N) is 1. The molecular weight excluding hydrogens is 337 g/mol.